The largest absolute Gasteiger partial charge is 0.489 e. The Balaban J connectivity index is 2.53. The van der Waals surface area contributed by atoms with Crippen molar-refractivity contribution in [2.75, 3.05) is 25.6 Å². The van der Waals surface area contributed by atoms with Crippen LogP contribution in [-0.2, 0) is 4.74 Å². The zero-order valence-electron chi connectivity index (χ0n) is 9.74. The van der Waals surface area contributed by atoms with Crippen LogP contribution >= 0.6 is 0 Å². The number of H-pyrrole nitrogens is 1. The standard InChI is InChI=1S/C10H17N3O3/c1-7(2)16-5-4-11-9-8(15-3)10(14)13-6-12-9/h6-7H,4-5H2,1-3H3,(H2,11,12,13,14). The Kier molecular flexibility index (Phi) is 4.78. The molecule has 1 heterocycles. The number of aromatic nitrogens is 2. The van der Waals surface area contributed by atoms with Crippen LogP contribution < -0.4 is 15.6 Å². The lowest BCUT2D eigenvalue weighted by Crippen LogP contribution is -2.17. The first-order valence-electron chi connectivity index (χ1n) is 5.12. The highest BCUT2D eigenvalue weighted by molar-refractivity contribution is 5.47. The molecule has 0 radical (unpaired) electrons. The molecule has 0 aromatic carbocycles. The van der Waals surface area contributed by atoms with Crippen LogP contribution in [0, 0.1) is 0 Å². The fourth-order valence-electron chi connectivity index (χ4n) is 1.17. The summed E-state index contributed by atoms with van der Waals surface area (Å²) in [5, 5.41) is 2.98. The Bertz CT molecular complexity index is 376. The van der Waals surface area contributed by atoms with Crippen molar-refractivity contribution in [1.82, 2.24) is 9.97 Å². The second-order valence-electron chi connectivity index (χ2n) is 3.46. The number of hydrogen-bond acceptors (Lipinski definition) is 5. The molecule has 0 saturated carbocycles. The van der Waals surface area contributed by atoms with Crippen LogP contribution in [0.3, 0.4) is 0 Å². The van der Waals surface area contributed by atoms with E-state index in [0.29, 0.717) is 19.0 Å². The van der Waals surface area contributed by atoms with E-state index in [0.717, 1.165) is 0 Å². The van der Waals surface area contributed by atoms with Crippen molar-refractivity contribution < 1.29 is 9.47 Å². The third-order valence-electron chi connectivity index (χ3n) is 1.86. The molecule has 0 aliphatic carbocycles. The first kappa shape index (κ1) is 12.5. The summed E-state index contributed by atoms with van der Waals surface area (Å²) in [7, 11) is 1.43. The Labute approximate surface area is 94.0 Å². The smallest absolute Gasteiger partial charge is 0.295 e. The van der Waals surface area contributed by atoms with Crippen molar-refractivity contribution in [1.29, 1.82) is 0 Å². The van der Waals surface area contributed by atoms with E-state index >= 15 is 0 Å². The van der Waals surface area contributed by atoms with Gasteiger partial charge in [-0.25, -0.2) is 4.98 Å². The number of aromatic amines is 1. The zero-order chi connectivity index (χ0) is 12.0. The maximum Gasteiger partial charge on any atom is 0.295 e. The van der Waals surface area contributed by atoms with E-state index in [2.05, 4.69) is 15.3 Å². The molecule has 1 aromatic heterocycles. The number of methoxy groups -OCH3 is 1. The van der Waals surface area contributed by atoms with Crippen LogP contribution in [0.15, 0.2) is 11.1 Å². The quantitative estimate of drug-likeness (QED) is 0.696. The molecule has 1 aromatic rings. The average Bonchev–Trinajstić information content (AvgIpc) is 2.24. The van der Waals surface area contributed by atoms with Gasteiger partial charge in [-0.3, -0.25) is 4.79 Å². The lowest BCUT2D eigenvalue weighted by molar-refractivity contribution is 0.0870. The molecule has 0 atom stereocenters. The van der Waals surface area contributed by atoms with Crippen molar-refractivity contribution in [2.45, 2.75) is 20.0 Å². The predicted molar refractivity (Wildman–Crippen MR) is 61.0 cm³/mol. The van der Waals surface area contributed by atoms with Crippen molar-refractivity contribution in [3.63, 3.8) is 0 Å². The highest BCUT2D eigenvalue weighted by Crippen LogP contribution is 2.13. The summed E-state index contributed by atoms with van der Waals surface area (Å²) in [6.45, 7) is 5.05. The minimum absolute atomic E-state index is 0.187. The number of ether oxygens (including phenoxy) is 2. The Morgan fingerprint density at radius 1 is 1.56 bits per heavy atom. The van der Waals surface area contributed by atoms with Gasteiger partial charge < -0.3 is 19.8 Å². The molecule has 16 heavy (non-hydrogen) atoms. The number of hydrogen-bond donors (Lipinski definition) is 2. The molecular weight excluding hydrogens is 210 g/mol. The fraction of sp³-hybridized carbons (Fsp3) is 0.600. The molecule has 6 heteroatoms. The molecule has 0 fully saturated rings. The van der Waals surface area contributed by atoms with Crippen LogP contribution in [-0.4, -0.2) is 36.3 Å². The molecule has 0 unspecified atom stereocenters. The molecule has 0 aliphatic heterocycles. The monoisotopic (exact) mass is 227 g/mol. The van der Waals surface area contributed by atoms with Crippen LogP contribution in [0.5, 0.6) is 5.75 Å². The SMILES string of the molecule is COc1c(NCCOC(C)C)nc[nH]c1=O. The Hall–Kier alpha value is -1.56. The van der Waals surface area contributed by atoms with Crippen LogP contribution in [0.4, 0.5) is 5.82 Å². The van der Waals surface area contributed by atoms with Crippen molar-refractivity contribution in [3.05, 3.63) is 16.7 Å². The van der Waals surface area contributed by atoms with Gasteiger partial charge in [0.1, 0.15) is 0 Å². The minimum Gasteiger partial charge on any atom is -0.489 e. The van der Waals surface area contributed by atoms with Gasteiger partial charge in [0.2, 0.25) is 5.75 Å². The summed E-state index contributed by atoms with van der Waals surface area (Å²) in [6.07, 6.45) is 1.52. The molecule has 0 aliphatic rings. The van der Waals surface area contributed by atoms with Gasteiger partial charge in [0.25, 0.3) is 5.56 Å². The summed E-state index contributed by atoms with van der Waals surface area (Å²) >= 11 is 0. The molecule has 90 valence electrons. The first-order valence-corrected chi connectivity index (χ1v) is 5.12. The predicted octanol–water partition coefficient (Wildman–Crippen LogP) is 0.615. The molecular formula is C10H17N3O3. The van der Waals surface area contributed by atoms with Gasteiger partial charge in [-0.05, 0) is 13.8 Å². The van der Waals surface area contributed by atoms with Crippen molar-refractivity contribution in [2.24, 2.45) is 0 Å². The molecule has 0 saturated heterocycles. The van der Waals surface area contributed by atoms with E-state index in [-0.39, 0.29) is 17.4 Å². The second-order valence-corrected chi connectivity index (χ2v) is 3.46. The van der Waals surface area contributed by atoms with E-state index in [9.17, 15) is 4.79 Å². The topological polar surface area (TPSA) is 76.2 Å². The van der Waals surface area contributed by atoms with Gasteiger partial charge in [-0.1, -0.05) is 0 Å². The van der Waals surface area contributed by atoms with E-state index in [1.165, 1.54) is 13.4 Å². The van der Waals surface area contributed by atoms with E-state index in [4.69, 9.17) is 9.47 Å². The number of anilines is 1. The van der Waals surface area contributed by atoms with Gasteiger partial charge in [-0.15, -0.1) is 0 Å². The third-order valence-corrected chi connectivity index (χ3v) is 1.86. The van der Waals surface area contributed by atoms with Gasteiger partial charge in [0.15, 0.2) is 5.82 Å². The Morgan fingerprint density at radius 3 is 2.94 bits per heavy atom. The summed E-state index contributed by atoms with van der Waals surface area (Å²) < 4.78 is 10.3. The molecule has 1 rings (SSSR count). The van der Waals surface area contributed by atoms with Gasteiger partial charge in [-0.2, -0.15) is 0 Å². The van der Waals surface area contributed by atoms with Crippen LogP contribution in [0.25, 0.3) is 0 Å². The van der Waals surface area contributed by atoms with Gasteiger partial charge in [0.05, 0.1) is 26.1 Å². The fourth-order valence-corrected chi connectivity index (χ4v) is 1.17. The molecule has 0 amide bonds. The highest BCUT2D eigenvalue weighted by atomic mass is 16.5. The third kappa shape index (κ3) is 3.54. The van der Waals surface area contributed by atoms with Gasteiger partial charge >= 0.3 is 0 Å². The molecule has 0 spiro atoms. The maximum absolute atomic E-state index is 11.3. The second kappa shape index (κ2) is 6.12. The van der Waals surface area contributed by atoms with E-state index in [1.54, 1.807) is 0 Å². The van der Waals surface area contributed by atoms with Crippen LogP contribution in [0.2, 0.25) is 0 Å². The Morgan fingerprint density at radius 2 is 2.31 bits per heavy atom. The summed E-state index contributed by atoms with van der Waals surface area (Å²) in [4.78, 5) is 17.7. The first-order chi connectivity index (χ1) is 7.65. The summed E-state index contributed by atoms with van der Waals surface area (Å²) in [6, 6.07) is 0. The molecule has 0 bridgehead atoms. The summed E-state index contributed by atoms with van der Waals surface area (Å²) in [5.41, 5.74) is -0.301. The highest BCUT2D eigenvalue weighted by Gasteiger charge is 2.07. The van der Waals surface area contributed by atoms with Crippen LogP contribution in [0.1, 0.15) is 13.8 Å². The number of nitrogens with one attached hydrogen (secondary N) is 2. The summed E-state index contributed by atoms with van der Waals surface area (Å²) in [5.74, 6) is 0.616. The molecule has 2 N–H and O–H groups in total. The lowest BCUT2D eigenvalue weighted by Gasteiger charge is -2.10. The van der Waals surface area contributed by atoms with Crippen molar-refractivity contribution in [3.8, 4) is 5.75 Å². The number of nitrogens with zero attached hydrogens (tertiary/aromatic N) is 1. The van der Waals surface area contributed by atoms with Gasteiger partial charge in [0, 0.05) is 6.54 Å². The zero-order valence-corrected chi connectivity index (χ0v) is 9.74. The van der Waals surface area contributed by atoms with E-state index < -0.39 is 0 Å². The van der Waals surface area contributed by atoms with E-state index in [1.807, 2.05) is 13.8 Å². The van der Waals surface area contributed by atoms with Crippen molar-refractivity contribution >= 4 is 5.82 Å². The number of rotatable bonds is 6. The normalized spacial score (nSPS) is 10.5. The average molecular weight is 227 g/mol. The maximum atomic E-state index is 11.3. The lowest BCUT2D eigenvalue weighted by atomic mass is 10.4. The molecule has 6 nitrogen and oxygen atoms in total. The minimum atomic E-state index is -0.301.